The molecule has 31 heavy (non-hydrogen) atoms. The average molecular weight is 433 g/mol. The van der Waals surface area contributed by atoms with Crippen LogP contribution in [0.25, 0.3) is 11.4 Å². The molecule has 0 saturated carbocycles. The molecule has 0 spiro atoms. The number of carbonyl (C=O) groups is 1. The number of nitrogens with zero attached hydrogens (tertiary/aromatic N) is 5. The molecule has 0 bridgehead atoms. The molecule has 1 aromatic carbocycles. The maximum absolute atomic E-state index is 12.9. The van der Waals surface area contributed by atoms with Gasteiger partial charge in [0.15, 0.2) is 0 Å². The zero-order chi connectivity index (χ0) is 22.0. The van der Waals surface area contributed by atoms with Crippen LogP contribution in [0.2, 0.25) is 0 Å². The van der Waals surface area contributed by atoms with Crippen LogP contribution in [0, 0.1) is 0 Å². The predicted octanol–water partition coefficient (Wildman–Crippen LogP) is 3.12. The van der Waals surface area contributed by atoms with Crippen LogP contribution in [0.5, 0.6) is 5.75 Å². The number of hydrogen-bond donors (Lipinski definition) is 0. The zero-order valence-corrected chi connectivity index (χ0v) is 16.5. The van der Waals surface area contributed by atoms with Crippen LogP contribution in [0.3, 0.4) is 0 Å². The lowest BCUT2D eigenvalue weighted by molar-refractivity contribution is -0.159. The van der Waals surface area contributed by atoms with Gasteiger partial charge in [-0.2, -0.15) is 18.2 Å². The van der Waals surface area contributed by atoms with Crippen molar-refractivity contribution in [1.29, 1.82) is 0 Å². The van der Waals surface area contributed by atoms with Gasteiger partial charge in [0.25, 0.3) is 5.91 Å². The molecule has 4 rings (SSSR count). The van der Waals surface area contributed by atoms with Crippen molar-refractivity contribution in [2.45, 2.75) is 6.18 Å². The van der Waals surface area contributed by atoms with Crippen molar-refractivity contribution in [2.24, 2.45) is 0 Å². The van der Waals surface area contributed by atoms with E-state index in [1.54, 1.807) is 30.3 Å². The van der Waals surface area contributed by atoms with Crippen molar-refractivity contribution in [1.82, 2.24) is 20.0 Å². The summed E-state index contributed by atoms with van der Waals surface area (Å²) in [6.45, 7) is 2.17. The summed E-state index contributed by atoms with van der Waals surface area (Å²) in [5.41, 5.74) is 0.609. The number of hydrogen-bond acceptors (Lipinski definition) is 7. The molecule has 0 atom stereocenters. The Bertz CT molecular complexity index is 1060. The van der Waals surface area contributed by atoms with Gasteiger partial charge in [0, 0.05) is 37.3 Å². The third-order valence-corrected chi connectivity index (χ3v) is 4.88. The van der Waals surface area contributed by atoms with Crippen LogP contribution in [-0.2, 0) is 6.18 Å². The third kappa shape index (κ3) is 4.44. The maximum atomic E-state index is 12.9. The van der Waals surface area contributed by atoms with Gasteiger partial charge in [-0.15, -0.1) is 0 Å². The number of aromatic nitrogens is 3. The Morgan fingerprint density at radius 3 is 2.52 bits per heavy atom. The number of amides is 1. The van der Waals surface area contributed by atoms with E-state index < -0.39 is 12.1 Å². The van der Waals surface area contributed by atoms with E-state index >= 15 is 0 Å². The van der Waals surface area contributed by atoms with Gasteiger partial charge >= 0.3 is 12.1 Å². The van der Waals surface area contributed by atoms with Gasteiger partial charge < -0.3 is 19.1 Å². The zero-order valence-electron chi connectivity index (χ0n) is 16.5. The average Bonchev–Trinajstić information content (AvgIpc) is 3.30. The number of piperazine rings is 1. The van der Waals surface area contributed by atoms with Crippen molar-refractivity contribution < 1.29 is 27.2 Å². The van der Waals surface area contributed by atoms with Gasteiger partial charge in [-0.05, 0) is 24.3 Å². The molecule has 1 aliphatic heterocycles. The summed E-state index contributed by atoms with van der Waals surface area (Å²) < 4.78 is 47.4. The molecule has 1 aliphatic rings. The van der Waals surface area contributed by atoms with Crippen LogP contribution in [0.1, 0.15) is 16.2 Å². The lowest BCUT2D eigenvalue weighted by Gasteiger charge is -2.35. The van der Waals surface area contributed by atoms with Crippen molar-refractivity contribution in [3.05, 3.63) is 54.0 Å². The van der Waals surface area contributed by atoms with Crippen LogP contribution < -0.4 is 9.64 Å². The standard InChI is InChI=1S/C20H18F3N5O3/c1-30-15-5-6-16(24-12-15)27-7-9-28(10-8-27)18(29)14-4-2-3-13(11-14)17-25-19(31-26-17)20(21,22)23/h2-6,11-12H,7-10H2,1H3. The van der Waals surface area contributed by atoms with E-state index in [0.29, 0.717) is 37.5 Å². The minimum absolute atomic E-state index is 0.219. The molecule has 0 aliphatic carbocycles. The Morgan fingerprint density at radius 1 is 1.13 bits per heavy atom. The molecule has 0 unspecified atom stereocenters. The first-order valence-corrected chi connectivity index (χ1v) is 9.41. The van der Waals surface area contributed by atoms with Gasteiger partial charge in [0.1, 0.15) is 11.6 Å². The first-order valence-electron chi connectivity index (χ1n) is 9.41. The second-order valence-electron chi connectivity index (χ2n) is 6.84. The fourth-order valence-electron chi connectivity index (χ4n) is 3.25. The molecule has 2 aromatic heterocycles. The summed E-state index contributed by atoms with van der Waals surface area (Å²) in [5.74, 6) is -0.405. The summed E-state index contributed by atoms with van der Waals surface area (Å²) >= 11 is 0. The lowest BCUT2D eigenvalue weighted by Crippen LogP contribution is -2.49. The second-order valence-corrected chi connectivity index (χ2v) is 6.84. The number of benzene rings is 1. The van der Waals surface area contributed by atoms with Crippen molar-refractivity contribution in [2.75, 3.05) is 38.2 Å². The first-order chi connectivity index (χ1) is 14.8. The molecule has 1 amide bonds. The normalized spacial score (nSPS) is 14.6. The van der Waals surface area contributed by atoms with E-state index in [4.69, 9.17) is 4.74 Å². The number of alkyl halides is 3. The van der Waals surface area contributed by atoms with E-state index in [1.807, 2.05) is 12.1 Å². The molecule has 3 aromatic rings. The van der Waals surface area contributed by atoms with Crippen molar-refractivity contribution in [3.63, 3.8) is 0 Å². The lowest BCUT2D eigenvalue weighted by atomic mass is 10.1. The van der Waals surface area contributed by atoms with E-state index in [1.165, 1.54) is 12.1 Å². The highest BCUT2D eigenvalue weighted by Crippen LogP contribution is 2.29. The van der Waals surface area contributed by atoms with Gasteiger partial charge in [0.05, 0.1) is 13.3 Å². The Labute approximate surface area is 175 Å². The second kappa shape index (κ2) is 8.25. The number of pyridine rings is 1. The quantitative estimate of drug-likeness (QED) is 0.625. The van der Waals surface area contributed by atoms with E-state index in [9.17, 15) is 18.0 Å². The number of halogens is 3. The summed E-state index contributed by atoms with van der Waals surface area (Å²) in [7, 11) is 1.57. The van der Waals surface area contributed by atoms with Crippen LogP contribution in [-0.4, -0.2) is 59.2 Å². The SMILES string of the molecule is COc1ccc(N2CCN(C(=O)c3cccc(-c4noc(C(F)(F)F)n4)c3)CC2)nc1. The molecule has 8 nitrogen and oxygen atoms in total. The van der Waals surface area contributed by atoms with Gasteiger partial charge in [-0.1, -0.05) is 17.3 Å². The molecule has 11 heteroatoms. The number of anilines is 1. The van der Waals surface area contributed by atoms with E-state index in [0.717, 1.165) is 5.82 Å². The third-order valence-electron chi connectivity index (χ3n) is 4.88. The van der Waals surface area contributed by atoms with Gasteiger partial charge in [-0.3, -0.25) is 4.79 Å². The van der Waals surface area contributed by atoms with E-state index in [-0.39, 0.29) is 17.3 Å². The molecule has 162 valence electrons. The topological polar surface area (TPSA) is 84.6 Å². The molecular weight excluding hydrogens is 415 g/mol. The Morgan fingerprint density at radius 2 is 1.90 bits per heavy atom. The summed E-state index contributed by atoms with van der Waals surface area (Å²) in [4.78, 5) is 24.4. The van der Waals surface area contributed by atoms with E-state index in [2.05, 4.69) is 24.5 Å². The molecular formula is C20H18F3N5O3. The van der Waals surface area contributed by atoms with Crippen LogP contribution in [0.4, 0.5) is 19.0 Å². The minimum atomic E-state index is -4.73. The highest BCUT2D eigenvalue weighted by molar-refractivity contribution is 5.95. The fourth-order valence-corrected chi connectivity index (χ4v) is 3.25. The van der Waals surface area contributed by atoms with Crippen molar-refractivity contribution in [3.8, 4) is 17.1 Å². The number of carbonyl (C=O) groups excluding carboxylic acids is 1. The number of ether oxygens (including phenoxy) is 1. The van der Waals surface area contributed by atoms with Crippen LogP contribution >= 0.6 is 0 Å². The summed E-state index contributed by atoms with van der Waals surface area (Å²) in [5, 5.41) is 3.37. The maximum Gasteiger partial charge on any atom is 0.471 e. The first kappa shape index (κ1) is 20.6. The number of rotatable bonds is 4. The Hall–Kier alpha value is -3.63. The minimum Gasteiger partial charge on any atom is -0.495 e. The highest BCUT2D eigenvalue weighted by atomic mass is 19.4. The molecule has 0 N–H and O–H groups in total. The monoisotopic (exact) mass is 433 g/mol. The fraction of sp³-hybridized carbons (Fsp3) is 0.300. The van der Waals surface area contributed by atoms with Crippen LogP contribution in [0.15, 0.2) is 47.1 Å². The molecule has 1 fully saturated rings. The predicted molar refractivity (Wildman–Crippen MR) is 104 cm³/mol. The molecule has 1 saturated heterocycles. The van der Waals surface area contributed by atoms with Gasteiger partial charge in [0.2, 0.25) is 5.82 Å². The Kier molecular flexibility index (Phi) is 5.49. The number of methoxy groups -OCH3 is 1. The highest BCUT2D eigenvalue weighted by Gasteiger charge is 2.38. The smallest absolute Gasteiger partial charge is 0.471 e. The summed E-state index contributed by atoms with van der Waals surface area (Å²) in [6, 6.07) is 9.85. The molecule has 3 heterocycles. The van der Waals surface area contributed by atoms with Gasteiger partial charge in [-0.25, -0.2) is 4.98 Å². The Balaban J connectivity index is 1.43. The molecule has 0 radical (unpaired) electrons. The summed E-state index contributed by atoms with van der Waals surface area (Å²) in [6.07, 6.45) is -3.09. The van der Waals surface area contributed by atoms with Crippen molar-refractivity contribution >= 4 is 11.7 Å². The largest absolute Gasteiger partial charge is 0.495 e.